The Bertz CT molecular complexity index is 1550. The van der Waals surface area contributed by atoms with Gasteiger partial charge >= 0.3 is 0 Å². The summed E-state index contributed by atoms with van der Waals surface area (Å²) >= 11 is 1.08. The number of nitrogens with one attached hydrogen (secondary N) is 2. The van der Waals surface area contributed by atoms with Gasteiger partial charge in [0.1, 0.15) is 5.69 Å². The highest BCUT2D eigenvalue weighted by Crippen LogP contribution is 2.39. The van der Waals surface area contributed by atoms with Crippen molar-refractivity contribution in [2.24, 2.45) is 5.92 Å². The predicted molar refractivity (Wildman–Crippen MR) is 158 cm³/mol. The molecule has 220 valence electrons. The van der Waals surface area contributed by atoms with E-state index < -0.39 is 21.5 Å². The number of aliphatic hydroxyl groups is 1. The van der Waals surface area contributed by atoms with E-state index >= 15 is 0 Å². The number of thiazole rings is 1. The molecule has 0 saturated carbocycles. The number of rotatable bonds is 8. The van der Waals surface area contributed by atoms with Gasteiger partial charge in [0.2, 0.25) is 10.0 Å². The third-order valence-electron chi connectivity index (χ3n) is 7.45. The quantitative estimate of drug-likeness (QED) is 0.360. The minimum Gasteiger partial charge on any atom is -0.389 e. The van der Waals surface area contributed by atoms with Gasteiger partial charge in [-0.25, -0.2) is 18.1 Å². The van der Waals surface area contributed by atoms with Crippen molar-refractivity contribution in [2.75, 3.05) is 32.8 Å². The summed E-state index contributed by atoms with van der Waals surface area (Å²) in [5.41, 5.74) is -0.328. The lowest BCUT2D eigenvalue weighted by Gasteiger charge is -2.30. The van der Waals surface area contributed by atoms with E-state index in [1.54, 1.807) is 43.0 Å². The largest absolute Gasteiger partial charge is 0.389 e. The van der Waals surface area contributed by atoms with Crippen LogP contribution in [-0.2, 0) is 14.8 Å². The lowest BCUT2D eigenvalue weighted by Crippen LogP contribution is -2.39. The number of aromatic nitrogens is 1. The van der Waals surface area contributed by atoms with Crippen LogP contribution in [0.25, 0.3) is 21.2 Å². The summed E-state index contributed by atoms with van der Waals surface area (Å²) in [6.45, 7) is 7.40. The van der Waals surface area contributed by atoms with E-state index in [1.807, 2.05) is 12.1 Å². The summed E-state index contributed by atoms with van der Waals surface area (Å²) in [4.78, 5) is 33.8. The lowest BCUT2D eigenvalue weighted by molar-refractivity contribution is 0.0685. The summed E-state index contributed by atoms with van der Waals surface area (Å²) in [6, 6.07) is 10.1. The number of benzene rings is 2. The highest BCUT2D eigenvalue weighted by molar-refractivity contribution is 7.89. The van der Waals surface area contributed by atoms with Gasteiger partial charge < -0.3 is 20.1 Å². The highest BCUT2D eigenvalue weighted by atomic mass is 32.2. The standard InChI is InChI=1S/C29H36N4O6S2/c1-18-10-13-33(14-11-18)28(35)24-25(40-27(31-24)26(34)30-17-29(2,3)36)22-8-9-23(21-7-5-4-6-20(21)22)41(37,38)32-19-12-15-39-16-19/h4-9,18-19,32,36H,10-17H2,1-3H3,(H,30,34). The smallest absolute Gasteiger partial charge is 0.280 e. The SMILES string of the molecule is CC1CCN(C(=O)c2nc(C(=O)NCC(C)(C)O)sc2-c2ccc(S(=O)(=O)NC3CCOC3)c3ccccc23)CC1. The molecule has 1 aromatic heterocycles. The molecule has 2 aromatic carbocycles. The maximum atomic E-state index is 13.8. The van der Waals surface area contributed by atoms with Crippen LogP contribution in [0.5, 0.6) is 0 Å². The molecule has 0 bridgehead atoms. The molecule has 2 aliphatic heterocycles. The van der Waals surface area contributed by atoms with Crippen LogP contribution >= 0.6 is 11.3 Å². The first-order valence-electron chi connectivity index (χ1n) is 13.9. The first kappa shape index (κ1) is 29.6. The number of hydrogen-bond donors (Lipinski definition) is 3. The third kappa shape index (κ3) is 6.62. The van der Waals surface area contributed by atoms with Gasteiger partial charge in [-0.1, -0.05) is 37.3 Å². The topological polar surface area (TPSA) is 138 Å². The number of carbonyl (C=O) groups is 2. The van der Waals surface area contributed by atoms with Crippen molar-refractivity contribution < 1.29 is 27.9 Å². The monoisotopic (exact) mass is 600 g/mol. The average Bonchev–Trinajstić information content (AvgIpc) is 3.61. The molecule has 0 spiro atoms. The maximum Gasteiger partial charge on any atom is 0.280 e. The first-order chi connectivity index (χ1) is 19.4. The van der Waals surface area contributed by atoms with Crippen LogP contribution < -0.4 is 10.0 Å². The minimum atomic E-state index is -3.85. The molecule has 2 fully saturated rings. The number of fused-ring (bicyclic) bond motifs is 1. The second-order valence-electron chi connectivity index (χ2n) is 11.5. The van der Waals surface area contributed by atoms with Gasteiger partial charge in [0.05, 0.1) is 22.0 Å². The molecule has 3 N–H and O–H groups in total. The Balaban J connectivity index is 1.58. The van der Waals surface area contributed by atoms with Crippen molar-refractivity contribution in [1.82, 2.24) is 19.9 Å². The number of nitrogens with zero attached hydrogens (tertiary/aromatic N) is 2. The third-order valence-corrected chi connectivity index (χ3v) is 10.1. The van der Waals surface area contributed by atoms with Crippen molar-refractivity contribution in [1.29, 1.82) is 0 Å². The zero-order chi connectivity index (χ0) is 29.4. The van der Waals surface area contributed by atoms with Crippen molar-refractivity contribution in [3.05, 3.63) is 47.1 Å². The Labute approximate surface area is 244 Å². The van der Waals surface area contributed by atoms with E-state index in [-0.39, 0.29) is 34.1 Å². The molecule has 5 rings (SSSR count). The highest BCUT2D eigenvalue weighted by Gasteiger charge is 2.31. The molecule has 0 radical (unpaired) electrons. The second kappa shape index (κ2) is 11.8. The Morgan fingerprint density at radius 1 is 1.12 bits per heavy atom. The van der Waals surface area contributed by atoms with Crippen molar-refractivity contribution in [3.8, 4) is 10.4 Å². The number of amides is 2. The van der Waals surface area contributed by atoms with Crippen LogP contribution in [-0.4, -0.2) is 79.7 Å². The minimum absolute atomic E-state index is 0.0164. The number of carbonyl (C=O) groups excluding carboxylic acids is 2. The van der Waals surface area contributed by atoms with Gasteiger partial charge in [-0.15, -0.1) is 11.3 Å². The fourth-order valence-corrected chi connectivity index (χ4v) is 7.57. The normalized spacial score (nSPS) is 18.6. The Morgan fingerprint density at radius 2 is 1.83 bits per heavy atom. The van der Waals surface area contributed by atoms with Gasteiger partial charge in [0.15, 0.2) is 5.01 Å². The van der Waals surface area contributed by atoms with Crippen molar-refractivity contribution in [3.63, 3.8) is 0 Å². The maximum absolute atomic E-state index is 13.8. The van der Waals surface area contributed by atoms with E-state index in [0.29, 0.717) is 59.9 Å². The fourth-order valence-electron chi connectivity index (χ4n) is 5.09. The van der Waals surface area contributed by atoms with Crippen LogP contribution in [0.15, 0.2) is 41.3 Å². The molecule has 1 atom stereocenters. The molecule has 2 amide bonds. The van der Waals surface area contributed by atoms with Crippen molar-refractivity contribution in [2.45, 2.75) is 56.6 Å². The molecule has 3 heterocycles. The van der Waals surface area contributed by atoms with Gasteiger partial charge in [0, 0.05) is 43.2 Å². The van der Waals surface area contributed by atoms with E-state index in [9.17, 15) is 23.1 Å². The summed E-state index contributed by atoms with van der Waals surface area (Å²) in [6.07, 6.45) is 2.38. The summed E-state index contributed by atoms with van der Waals surface area (Å²) < 4.78 is 34.9. The molecular weight excluding hydrogens is 564 g/mol. The average molecular weight is 601 g/mol. The fraction of sp³-hybridized carbons (Fsp3) is 0.483. The van der Waals surface area contributed by atoms with E-state index in [0.717, 1.165) is 24.2 Å². The Kier molecular flexibility index (Phi) is 8.49. The molecular formula is C29H36N4O6S2. The zero-order valence-corrected chi connectivity index (χ0v) is 25.1. The molecule has 1 unspecified atom stereocenters. The van der Waals surface area contributed by atoms with Crippen LogP contribution in [0, 0.1) is 5.92 Å². The lowest BCUT2D eigenvalue weighted by atomic mass is 9.98. The summed E-state index contributed by atoms with van der Waals surface area (Å²) in [5, 5.41) is 14.0. The number of ether oxygens (including phenoxy) is 1. The number of sulfonamides is 1. The molecule has 10 nitrogen and oxygen atoms in total. The molecule has 3 aromatic rings. The Hall–Kier alpha value is -2.90. The van der Waals surface area contributed by atoms with E-state index in [1.165, 1.54) is 0 Å². The Morgan fingerprint density at radius 3 is 2.49 bits per heavy atom. The van der Waals surface area contributed by atoms with Gasteiger partial charge in [-0.2, -0.15) is 0 Å². The van der Waals surface area contributed by atoms with Crippen LogP contribution in [0.4, 0.5) is 0 Å². The number of hydrogen-bond acceptors (Lipinski definition) is 8. The van der Waals surface area contributed by atoms with Gasteiger partial charge in [-0.3, -0.25) is 9.59 Å². The molecule has 12 heteroatoms. The van der Waals surface area contributed by atoms with Crippen LogP contribution in [0.2, 0.25) is 0 Å². The van der Waals surface area contributed by atoms with E-state index in [4.69, 9.17) is 4.74 Å². The summed E-state index contributed by atoms with van der Waals surface area (Å²) in [7, 11) is -3.85. The molecule has 0 aliphatic carbocycles. The van der Waals surface area contributed by atoms with E-state index in [2.05, 4.69) is 21.9 Å². The van der Waals surface area contributed by atoms with Crippen molar-refractivity contribution >= 4 is 43.9 Å². The van der Waals surface area contributed by atoms with Gasteiger partial charge in [-0.05, 0) is 50.5 Å². The molecule has 41 heavy (non-hydrogen) atoms. The molecule has 2 saturated heterocycles. The second-order valence-corrected chi connectivity index (χ2v) is 14.2. The predicted octanol–water partition coefficient (Wildman–Crippen LogP) is 3.40. The molecule has 2 aliphatic rings. The number of likely N-dealkylation sites (tertiary alicyclic amines) is 1. The van der Waals surface area contributed by atoms with Crippen LogP contribution in [0.3, 0.4) is 0 Å². The summed E-state index contributed by atoms with van der Waals surface area (Å²) in [5.74, 6) is -0.218. The number of piperidine rings is 1. The van der Waals surface area contributed by atoms with Gasteiger partial charge in [0.25, 0.3) is 11.8 Å². The zero-order valence-electron chi connectivity index (χ0n) is 23.5. The van der Waals surface area contributed by atoms with Crippen LogP contribution in [0.1, 0.15) is 60.3 Å². The first-order valence-corrected chi connectivity index (χ1v) is 16.2.